The van der Waals surface area contributed by atoms with Crippen LogP contribution in [0, 0.1) is 0 Å². The van der Waals surface area contributed by atoms with E-state index in [0.29, 0.717) is 10.9 Å². The third-order valence-corrected chi connectivity index (χ3v) is 14.1. The first-order valence-electron chi connectivity index (χ1n) is 15.3. The number of halogens is 4. The molecule has 7 aromatic rings. The van der Waals surface area contributed by atoms with E-state index in [-0.39, 0.29) is 115 Å². The Hall–Kier alpha value is -4.28. The second-order valence-electron chi connectivity index (χ2n) is 12.1. The fraction of sp³-hybridized carbons (Fsp3) is 0. The van der Waals surface area contributed by atoms with Gasteiger partial charge in [-0.25, -0.2) is 43.6 Å². The second-order valence-corrected chi connectivity index (χ2v) is 22.3. The van der Waals surface area contributed by atoms with E-state index in [9.17, 15) is 33.7 Å². The first-order valence-corrected chi connectivity index (χ1v) is 24.5. The van der Waals surface area contributed by atoms with Crippen LogP contribution in [0.2, 0.25) is 0 Å². The van der Waals surface area contributed by atoms with Gasteiger partial charge in [0.25, 0.3) is 36.2 Å². The number of fused-ring (bicyclic) bond motifs is 20. The van der Waals surface area contributed by atoms with Crippen LogP contribution in [0.15, 0.2) is 92.4 Å². The smallest absolute Gasteiger partial charge is 0.357 e. The van der Waals surface area contributed by atoms with Crippen molar-refractivity contribution in [3.05, 3.63) is 72.8 Å². The standard InChI is InChI=1S/C32H12Cl4N8O8S4.Cu/c33-53(45,46)13-1-5-17-21(9-13)29-38-25(17)37-26-18-6-2-14(54(34,47)48)10-22(18)30(39-26)41-28-20-8-4-16(56(36,51)52)12-24(20)32(43-28)44-31-23-11-15(55(35,49)50)3-7-19(23)27(40-29)42-31;/h1-12H;/q-2;+2. The van der Waals surface area contributed by atoms with Gasteiger partial charge in [0.1, 0.15) is 0 Å². The van der Waals surface area contributed by atoms with Crippen molar-refractivity contribution in [2.45, 2.75) is 19.6 Å². The van der Waals surface area contributed by atoms with E-state index in [1.165, 1.54) is 72.8 Å². The zero-order valence-electron chi connectivity index (χ0n) is 27.2. The summed E-state index contributed by atoms with van der Waals surface area (Å²) in [6, 6.07) is 15.5. The molecule has 3 aromatic heterocycles. The Kier molecular flexibility index (Phi) is 9.28. The molecule has 0 unspecified atom stereocenters. The van der Waals surface area contributed by atoms with Crippen molar-refractivity contribution in [3.63, 3.8) is 0 Å². The molecule has 5 heterocycles. The van der Waals surface area contributed by atoms with Crippen LogP contribution in [0.5, 0.6) is 0 Å². The SMILES string of the molecule is O=S(=O)(Cl)c1ccc2c(c1)-c1nc-2nc2[n-]c(nc3nc(nc4[n-]c(n1)c1ccc(S(=O)(=O)Cl)cc41)-c1cc(S(=O)(=O)Cl)ccc1-3)c1cc(S(=O)(=O)Cl)ccc21.[Cu+2]. The van der Waals surface area contributed by atoms with E-state index in [2.05, 4.69) is 39.9 Å². The normalized spacial score (nSPS) is 13.0. The van der Waals surface area contributed by atoms with Crippen molar-refractivity contribution < 1.29 is 50.7 Å². The summed E-state index contributed by atoms with van der Waals surface area (Å²) >= 11 is 0. The molecule has 2 aliphatic heterocycles. The van der Waals surface area contributed by atoms with Gasteiger partial charge >= 0.3 is 17.1 Å². The summed E-state index contributed by atoms with van der Waals surface area (Å²) in [5.74, 6) is -0.262. The molecule has 0 fully saturated rings. The first-order chi connectivity index (χ1) is 26.2. The Morgan fingerprint density at radius 3 is 0.965 bits per heavy atom. The summed E-state index contributed by atoms with van der Waals surface area (Å²) < 4.78 is 99.3. The molecule has 8 bridgehead atoms. The van der Waals surface area contributed by atoms with Gasteiger partial charge in [0.05, 0.1) is 42.9 Å². The average molecular weight is 970 g/mol. The van der Waals surface area contributed by atoms with Crippen LogP contribution in [0.3, 0.4) is 0 Å². The number of hydrogen-bond acceptors (Lipinski definition) is 14. The summed E-state index contributed by atoms with van der Waals surface area (Å²) in [6.45, 7) is 0. The molecule has 291 valence electrons. The van der Waals surface area contributed by atoms with Crippen molar-refractivity contribution in [1.82, 2.24) is 39.9 Å². The molecule has 25 heteroatoms. The summed E-state index contributed by atoms with van der Waals surface area (Å²) in [4.78, 5) is 35.8. The van der Waals surface area contributed by atoms with Gasteiger partial charge < -0.3 is 29.9 Å². The second kappa shape index (κ2) is 13.4. The fourth-order valence-electron chi connectivity index (χ4n) is 6.19. The molecule has 0 saturated carbocycles. The molecule has 0 atom stereocenters. The largest absolute Gasteiger partial charge is 2.00 e. The van der Waals surface area contributed by atoms with Crippen LogP contribution in [0.1, 0.15) is 0 Å². The van der Waals surface area contributed by atoms with Gasteiger partial charge in [-0.3, -0.25) is 0 Å². The van der Waals surface area contributed by atoms with E-state index in [0.717, 1.165) is 0 Å². The number of hydrogen-bond donors (Lipinski definition) is 0. The Bertz CT molecular complexity index is 3630. The van der Waals surface area contributed by atoms with E-state index >= 15 is 0 Å². The quantitative estimate of drug-likeness (QED) is 0.149. The summed E-state index contributed by atoms with van der Waals surface area (Å²) in [7, 11) is 5.76. The third kappa shape index (κ3) is 6.94. The summed E-state index contributed by atoms with van der Waals surface area (Å²) in [6.07, 6.45) is 0. The number of aromatic nitrogens is 8. The predicted molar refractivity (Wildman–Crippen MR) is 206 cm³/mol. The van der Waals surface area contributed by atoms with E-state index < -0.39 is 36.2 Å². The maximum atomic E-state index is 12.4. The van der Waals surface area contributed by atoms with Gasteiger partial charge in [-0.2, -0.15) is 0 Å². The van der Waals surface area contributed by atoms with Crippen LogP contribution in [0.25, 0.3) is 89.7 Å². The predicted octanol–water partition coefficient (Wildman–Crippen LogP) is 5.83. The molecule has 16 nitrogen and oxygen atoms in total. The Morgan fingerprint density at radius 1 is 0.351 bits per heavy atom. The molecule has 0 N–H and O–H groups in total. The van der Waals surface area contributed by atoms with Crippen LogP contribution in [-0.2, 0) is 53.3 Å². The molecule has 4 aromatic carbocycles. The molecule has 0 spiro atoms. The molecule has 2 aliphatic rings. The molecule has 0 aliphatic carbocycles. The van der Waals surface area contributed by atoms with Crippen LogP contribution < -0.4 is 9.97 Å². The van der Waals surface area contributed by atoms with Crippen molar-refractivity contribution >= 4 is 123 Å². The number of benzene rings is 4. The van der Waals surface area contributed by atoms with E-state index in [4.69, 9.17) is 42.7 Å². The van der Waals surface area contributed by atoms with E-state index in [1.54, 1.807) is 0 Å². The first kappa shape index (κ1) is 39.5. The van der Waals surface area contributed by atoms with Gasteiger partial charge in [-0.05, 0) is 70.1 Å². The van der Waals surface area contributed by atoms with Crippen molar-refractivity contribution in [2.24, 2.45) is 0 Å². The number of nitrogens with zero attached hydrogens (tertiary/aromatic N) is 8. The minimum absolute atomic E-state index is 0. The zero-order valence-corrected chi connectivity index (χ0v) is 34.4. The Morgan fingerprint density at radius 2 is 0.632 bits per heavy atom. The Balaban J connectivity index is 0.00000455. The van der Waals surface area contributed by atoms with Crippen LogP contribution in [-0.4, -0.2) is 63.6 Å². The number of rotatable bonds is 4. The van der Waals surface area contributed by atoms with Gasteiger partial charge in [-0.1, -0.05) is 24.3 Å². The molecule has 0 saturated heterocycles. The Labute approximate surface area is 348 Å². The average Bonchev–Trinajstić information content (AvgIpc) is 3.84. The minimum Gasteiger partial charge on any atom is -0.357 e. The minimum atomic E-state index is -4.27. The van der Waals surface area contributed by atoms with Gasteiger partial charge in [-0.15, -0.1) is 0 Å². The van der Waals surface area contributed by atoms with Crippen molar-refractivity contribution in [3.8, 4) is 45.6 Å². The third-order valence-electron chi connectivity index (χ3n) is 8.71. The van der Waals surface area contributed by atoms with Crippen LogP contribution >= 0.6 is 42.7 Å². The molecule has 1 radical (unpaired) electrons. The van der Waals surface area contributed by atoms with Crippen molar-refractivity contribution in [2.75, 3.05) is 0 Å². The summed E-state index contributed by atoms with van der Waals surface area (Å²) in [5, 5.41) is 0.859. The molecule has 0 amide bonds. The van der Waals surface area contributed by atoms with E-state index in [1.807, 2.05) is 0 Å². The van der Waals surface area contributed by atoms with Gasteiger partial charge in [0.15, 0.2) is 0 Å². The van der Waals surface area contributed by atoms with Crippen LogP contribution in [0.4, 0.5) is 0 Å². The fourth-order valence-corrected chi connectivity index (χ4v) is 9.29. The zero-order chi connectivity index (χ0) is 39.7. The van der Waals surface area contributed by atoms with Crippen molar-refractivity contribution in [1.29, 1.82) is 0 Å². The molecule has 9 rings (SSSR count). The van der Waals surface area contributed by atoms with Gasteiger partial charge in [0, 0.05) is 87.6 Å². The molecular weight excluding hydrogens is 958 g/mol. The molecular formula is C32H12Cl4CuN8O8S4. The van der Waals surface area contributed by atoms with Gasteiger partial charge in [0.2, 0.25) is 0 Å². The maximum absolute atomic E-state index is 12.4. The summed E-state index contributed by atoms with van der Waals surface area (Å²) in [5.41, 5.74) is 0.598. The topological polar surface area (TPSA) is 242 Å². The maximum Gasteiger partial charge on any atom is 2.00 e. The monoisotopic (exact) mass is 967 g/mol. The molecule has 57 heavy (non-hydrogen) atoms.